The SMILES string of the molecule is CC(C)C.CCC(NC(=O)CNC(=O)C(C)COC)C(=O)C1(C)CO1.COC. The standard InChI is InChI=1S/C14H24N2O5.C4H10.C2H6O/c1-5-10(12(18)14(3)8-21-14)16-11(17)6-15-13(19)9(2)7-20-4;1-4(2)3;1-3-2/h9-10H,5-8H2,1-4H3,(H,15,19)(H,16,17);4H,1-3H3;1-2H3. The Morgan fingerprint density at radius 2 is 1.57 bits per heavy atom. The first-order valence-corrected chi connectivity index (χ1v) is 9.63. The Kier molecular flexibility index (Phi) is 15.8. The molecule has 1 rings (SSSR count). The number of hydrogen-bond acceptors (Lipinski definition) is 6. The molecule has 3 unspecified atom stereocenters. The van der Waals surface area contributed by atoms with Gasteiger partial charge in [-0.05, 0) is 19.3 Å². The highest BCUT2D eigenvalue weighted by molar-refractivity contribution is 5.97. The first-order chi connectivity index (χ1) is 13.0. The Morgan fingerprint density at radius 3 is 1.93 bits per heavy atom. The fourth-order valence-corrected chi connectivity index (χ4v) is 1.88. The topological polar surface area (TPSA) is 106 Å². The second kappa shape index (κ2) is 15.4. The molecule has 2 N–H and O–H groups in total. The molecule has 2 amide bonds. The number of hydrogen-bond donors (Lipinski definition) is 2. The highest BCUT2D eigenvalue weighted by Crippen LogP contribution is 2.28. The summed E-state index contributed by atoms with van der Waals surface area (Å²) in [4.78, 5) is 35.5. The number of epoxide rings is 1. The van der Waals surface area contributed by atoms with Crippen molar-refractivity contribution in [2.24, 2.45) is 11.8 Å². The van der Waals surface area contributed by atoms with Crippen LogP contribution in [-0.2, 0) is 28.6 Å². The van der Waals surface area contributed by atoms with Crippen molar-refractivity contribution in [2.75, 3.05) is 41.1 Å². The molecular formula is C20H40N2O6. The normalized spacial score (nSPS) is 19.2. The molecule has 8 nitrogen and oxygen atoms in total. The van der Waals surface area contributed by atoms with Gasteiger partial charge >= 0.3 is 0 Å². The first kappa shape index (κ1) is 28.7. The lowest BCUT2D eigenvalue weighted by atomic mass is 9.99. The van der Waals surface area contributed by atoms with E-state index in [1.54, 1.807) is 28.1 Å². The van der Waals surface area contributed by atoms with Gasteiger partial charge in [-0.1, -0.05) is 34.6 Å². The van der Waals surface area contributed by atoms with Crippen LogP contribution < -0.4 is 10.6 Å². The summed E-state index contributed by atoms with van der Waals surface area (Å²) in [6.45, 7) is 12.3. The Balaban J connectivity index is 0. The van der Waals surface area contributed by atoms with Crippen LogP contribution in [0, 0.1) is 11.8 Å². The molecule has 3 atom stereocenters. The van der Waals surface area contributed by atoms with Crippen LogP contribution in [0.5, 0.6) is 0 Å². The predicted molar refractivity (Wildman–Crippen MR) is 109 cm³/mol. The molecule has 1 fully saturated rings. The Morgan fingerprint density at radius 1 is 1.11 bits per heavy atom. The van der Waals surface area contributed by atoms with E-state index in [1.807, 2.05) is 6.92 Å². The minimum atomic E-state index is -0.760. The molecule has 0 aromatic rings. The highest BCUT2D eigenvalue weighted by Gasteiger charge is 2.49. The van der Waals surface area contributed by atoms with Crippen molar-refractivity contribution in [1.82, 2.24) is 10.6 Å². The molecule has 8 heteroatoms. The van der Waals surface area contributed by atoms with E-state index in [4.69, 9.17) is 9.47 Å². The minimum Gasteiger partial charge on any atom is -0.388 e. The van der Waals surface area contributed by atoms with E-state index in [0.717, 1.165) is 5.92 Å². The molecule has 1 aliphatic heterocycles. The summed E-state index contributed by atoms with van der Waals surface area (Å²) in [6.07, 6.45) is 0.484. The third kappa shape index (κ3) is 13.6. The number of nitrogens with one attached hydrogen (secondary N) is 2. The number of methoxy groups -OCH3 is 2. The van der Waals surface area contributed by atoms with Gasteiger partial charge < -0.3 is 24.8 Å². The molecule has 28 heavy (non-hydrogen) atoms. The zero-order valence-corrected chi connectivity index (χ0v) is 19.0. The van der Waals surface area contributed by atoms with Crippen LogP contribution in [0.3, 0.4) is 0 Å². The van der Waals surface area contributed by atoms with Crippen LogP contribution in [0.25, 0.3) is 0 Å². The van der Waals surface area contributed by atoms with Crippen molar-refractivity contribution < 1.29 is 28.6 Å². The van der Waals surface area contributed by atoms with Gasteiger partial charge in [0.25, 0.3) is 0 Å². The smallest absolute Gasteiger partial charge is 0.239 e. The summed E-state index contributed by atoms with van der Waals surface area (Å²) in [5.41, 5.74) is -0.760. The largest absolute Gasteiger partial charge is 0.388 e. The van der Waals surface area contributed by atoms with Gasteiger partial charge in [-0.2, -0.15) is 0 Å². The lowest BCUT2D eigenvalue weighted by molar-refractivity contribution is -0.131. The average Bonchev–Trinajstić information content (AvgIpc) is 3.36. The monoisotopic (exact) mass is 404 g/mol. The zero-order chi connectivity index (χ0) is 22.3. The molecule has 0 radical (unpaired) electrons. The lowest BCUT2D eigenvalue weighted by Gasteiger charge is -2.18. The summed E-state index contributed by atoms with van der Waals surface area (Å²) in [5.74, 6) is -0.274. The minimum absolute atomic E-state index is 0.127. The van der Waals surface area contributed by atoms with Crippen molar-refractivity contribution in [1.29, 1.82) is 0 Å². The van der Waals surface area contributed by atoms with Crippen LogP contribution in [0.4, 0.5) is 0 Å². The fraction of sp³-hybridized carbons (Fsp3) is 0.850. The second-order valence-electron chi connectivity index (χ2n) is 7.63. The highest BCUT2D eigenvalue weighted by atomic mass is 16.6. The fourth-order valence-electron chi connectivity index (χ4n) is 1.88. The zero-order valence-electron chi connectivity index (χ0n) is 19.0. The third-order valence-electron chi connectivity index (χ3n) is 3.45. The molecule has 0 spiro atoms. The summed E-state index contributed by atoms with van der Waals surface area (Å²) in [7, 11) is 4.76. The number of carbonyl (C=O) groups excluding carboxylic acids is 3. The van der Waals surface area contributed by atoms with Gasteiger partial charge in [-0.15, -0.1) is 0 Å². The number of rotatable bonds is 9. The molecule has 0 bridgehead atoms. The van der Waals surface area contributed by atoms with E-state index in [0.29, 0.717) is 19.6 Å². The van der Waals surface area contributed by atoms with Gasteiger partial charge in [0.05, 0.1) is 31.7 Å². The maximum absolute atomic E-state index is 12.1. The second-order valence-corrected chi connectivity index (χ2v) is 7.63. The summed E-state index contributed by atoms with van der Waals surface area (Å²) < 4.78 is 14.2. The molecule has 1 saturated heterocycles. The number of Topliss-reactive ketones (excluding diaryl/α,β-unsaturated/α-hetero) is 1. The van der Waals surface area contributed by atoms with Crippen molar-refractivity contribution in [3.63, 3.8) is 0 Å². The van der Waals surface area contributed by atoms with Crippen molar-refractivity contribution in [2.45, 2.75) is 59.6 Å². The summed E-state index contributed by atoms with van der Waals surface area (Å²) >= 11 is 0. The molecule has 1 aliphatic rings. The predicted octanol–water partition coefficient (Wildman–Crippen LogP) is 1.56. The van der Waals surface area contributed by atoms with Gasteiger partial charge in [-0.25, -0.2) is 0 Å². The van der Waals surface area contributed by atoms with E-state index in [-0.39, 0.29) is 24.2 Å². The summed E-state index contributed by atoms with van der Waals surface area (Å²) in [5, 5.41) is 5.14. The van der Waals surface area contributed by atoms with Crippen molar-refractivity contribution in [3.8, 4) is 0 Å². The van der Waals surface area contributed by atoms with Crippen LogP contribution in [-0.4, -0.2) is 70.3 Å². The summed E-state index contributed by atoms with van der Waals surface area (Å²) in [6, 6.07) is -0.585. The number of ether oxygens (including phenoxy) is 3. The van der Waals surface area contributed by atoms with Gasteiger partial charge in [-0.3, -0.25) is 14.4 Å². The first-order valence-electron chi connectivity index (χ1n) is 9.63. The van der Waals surface area contributed by atoms with E-state index in [9.17, 15) is 14.4 Å². The molecule has 0 aromatic carbocycles. The molecular weight excluding hydrogens is 364 g/mol. The number of carbonyl (C=O) groups is 3. The van der Waals surface area contributed by atoms with Gasteiger partial charge in [0.2, 0.25) is 11.8 Å². The van der Waals surface area contributed by atoms with E-state index in [2.05, 4.69) is 36.1 Å². The molecule has 0 saturated carbocycles. The number of ketones is 1. The Hall–Kier alpha value is -1.51. The van der Waals surface area contributed by atoms with Gasteiger partial charge in [0, 0.05) is 21.3 Å². The Bertz CT molecular complexity index is 461. The van der Waals surface area contributed by atoms with Crippen LogP contribution >= 0.6 is 0 Å². The molecule has 166 valence electrons. The van der Waals surface area contributed by atoms with Crippen molar-refractivity contribution >= 4 is 17.6 Å². The van der Waals surface area contributed by atoms with E-state index in [1.165, 1.54) is 7.11 Å². The maximum atomic E-state index is 12.1. The van der Waals surface area contributed by atoms with Gasteiger partial charge in [0.15, 0.2) is 5.78 Å². The molecule has 1 heterocycles. The van der Waals surface area contributed by atoms with Crippen LogP contribution in [0.15, 0.2) is 0 Å². The van der Waals surface area contributed by atoms with Gasteiger partial charge in [0.1, 0.15) is 5.60 Å². The maximum Gasteiger partial charge on any atom is 0.239 e. The van der Waals surface area contributed by atoms with E-state index >= 15 is 0 Å². The lowest BCUT2D eigenvalue weighted by Crippen LogP contribution is -2.49. The van der Waals surface area contributed by atoms with Crippen molar-refractivity contribution in [3.05, 3.63) is 0 Å². The van der Waals surface area contributed by atoms with Crippen LogP contribution in [0.2, 0.25) is 0 Å². The Labute approximate surface area is 170 Å². The molecule has 0 aliphatic carbocycles. The average molecular weight is 405 g/mol. The third-order valence-corrected chi connectivity index (χ3v) is 3.45. The van der Waals surface area contributed by atoms with E-state index < -0.39 is 17.6 Å². The quantitative estimate of drug-likeness (QED) is 0.565. The number of amides is 2. The van der Waals surface area contributed by atoms with Crippen LogP contribution in [0.1, 0.15) is 48.0 Å². The molecule has 0 aromatic heterocycles.